The van der Waals surface area contributed by atoms with Crippen molar-refractivity contribution in [3.05, 3.63) is 0 Å². The molecule has 15 heavy (non-hydrogen) atoms. The highest BCUT2D eigenvalue weighted by Gasteiger charge is 2.38. The first-order valence-corrected chi connectivity index (χ1v) is 8.95. The Balaban J connectivity index is 2.36. The quantitative estimate of drug-likeness (QED) is 0.755. The molecule has 0 aromatic heterocycles. The van der Waals surface area contributed by atoms with Crippen LogP contribution in [0.3, 0.4) is 0 Å². The van der Waals surface area contributed by atoms with Crippen LogP contribution in [0.2, 0.25) is 18.1 Å². The summed E-state index contributed by atoms with van der Waals surface area (Å²) >= 11 is 0. The molecule has 0 amide bonds. The van der Waals surface area contributed by atoms with Gasteiger partial charge in [0, 0.05) is 6.61 Å². The summed E-state index contributed by atoms with van der Waals surface area (Å²) in [6.07, 6.45) is 2.97. The van der Waals surface area contributed by atoms with Gasteiger partial charge in [-0.05, 0) is 43.3 Å². The van der Waals surface area contributed by atoms with E-state index in [0.717, 1.165) is 25.9 Å². The molecule has 0 heterocycles. The van der Waals surface area contributed by atoms with Gasteiger partial charge in [-0.2, -0.15) is 0 Å². The highest BCUT2D eigenvalue weighted by atomic mass is 28.4. The van der Waals surface area contributed by atoms with E-state index in [1.54, 1.807) is 0 Å². The molecular weight excluding hydrogens is 204 g/mol. The second-order valence-corrected chi connectivity index (χ2v) is 11.2. The van der Waals surface area contributed by atoms with Gasteiger partial charge < -0.3 is 9.53 Å². The molecule has 1 rings (SSSR count). The third kappa shape index (κ3) is 3.57. The Kier molecular flexibility index (Phi) is 4.01. The lowest BCUT2D eigenvalue weighted by molar-refractivity contribution is 0.164. The molecule has 1 saturated carbocycles. The maximum atomic E-state index is 9.44. The second-order valence-electron chi connectivity index (χ2n) is 6.40. The first kappa shape index (κ1) is 13.2. The Labute approximate surface area is 95.2 Å². The van der Waals surface area contributed by atoms with Gasteiger partial charge in [-0.1, -0.05) is 20.8 Å². The van der Waals surface area contributed by atoms with Gasteiger partial charge in [-0.25, -0.2) is 0 Å². The van der Waals surface area contributed by atoms with Gasteiger partial charge in [0.1, 0.15) is 0 Å². The van der Waals surface area contributed by atoms with E-state index in [1.165, 1.54) is 0 Å². The SMILES string of the molecule is CC(C)(C)[Si](C)(C)OC[C@@H]1CC[C@H](O)C1. The van der Waals surface area contributed by atoms with Gasteiger partial charge in [-0.3, -0.25) is 0 Å². The third-order valence-corrected chi connectivity index (χ3v) is 8.50. The average Bonchev–Trinajstić information content (AvgIpc) is 2.46. The number of aliphatic hydroxyl groups excluding tert-OH is 1. The molecule has 0 bridgehead atoms. The van der Waals surface area contributed by atoms with Crippen LogP contribution < -0.4 is 0 Å². The Hall–Kier alpha value is 0.137. The van der Waals surface area contributed by atoms with E-state index in [2.05, 4.69) is 33.9 Å². The third-order valence-electron chi connectivity index (χ3n) is 4.00. The molecule has 0 radical (unpaired) electrons. The smallest absolute Gasteiger partial charge is 0.191 e. The molecule has 0 aliphatic heterocycles. The van der Waals surface area contributed by atoms with Crippen LogP contribution in [0.15, 0.2) is 0 Å². The van der Waals surface area contributed by atoms with Crippen molar-refractivity contribution in [1.29, 1.82) is 0 Å². The van der Waals surface area contributed by atoms with Crippen LogP contribution in [-0.4, -0.2) is 26.1 Å². The predicted octanol–water partition coefficient (Wildman–Crippen LogP) is 3.17. The van der Waals surface area contributed by atoms with E-state index in [0.29, 0.717) is 11.0 Å². The monoisotopic (exact) mass is 230 g/mol. The molecule has 2 atom stereocenters. The molecule has 90 valence electrons. The van der Waals surface area contributed by atoms with Crippen molar-refractivity contribution in [2.24, 2.45) is 5.92 Å². The van der Waals surface area contributed by atoms with Crippen LogP contribution in [0.4, 0.5) is 0 Å². The molecule has 1 aliphatic rings. The van der Waals surface area contributed by atoms with Crippen LogP contribution >= 0.6 is 0 Å². The first-order valence-electron chi connectivity index (χ1n) is 6.04. The van der Waals surface area contributed by atoms with Crippen molar-refractivity contribution in [1.82, 2.24) is 0 Å². The maximum absolute atomic E-state index is 9.44. The fraction of sp³-hybridized carbons (Fsp3) is 1.00. The predicted molar refractivity (Wildman–Crippen MR) is 66.5 cm³/mol. The normalized spacial score (nSPS) is 28.4. The molecule has 1 N–H and O–H groups in total. The fourth-order valence-corrected chi connectivity index (χ4v) is 2.83. The zero-order valence-electron chi connectivity index (χ0n) is 10.8. The number of hydrogen-bond acceptors (Lipinski definition) is 2. The lowest BCUT2D eigenvalue weighted by Crippen LogP contribution is -2.41. The lowest BCUT2D eigenvalue weighted by Gasteiger charge is -2.37. The van der Waals surface area contributed by atoms with Gasteiger partial charge in [0.15, 0.2) is 8.32 Å². The van der Waals surface area contributed by atoms with Crippen molar-refractivity contribution in [3.8, 4) is 0 Å². The van der Waals surface area contributed by atoms with Crippen LogP contribution in [-0.2, 0) is 4.43 Å². The van der Waals surface area contributed by atoms with Crippen LogP contribution in [0.25, 0.3) is 0 Å². The minimum atomic E-state index is -1.58. The number of aliphatic hydroxyl groups is 1. The van der Waals surface area contributed by atoms with Crippen LogP contribution in [0.5, 0.6) is 0 Å². The molecule has 0 unspecified atom stereocenters. The van der Waals surface area contributed by atoms with Crippen LogP contribution in [0, 0.1) is 5.92 Å². The summed E-state index contributed by atoms with van der Waals surface area (Å²) in [4.78, 5) is 0. The highest BCUT2D eigenvalue weighted by Crippen LogP contribution is 2.37. The zero-order chi connectivity index (χ0) is 11.7. The Morgan fingerprint density at radius 2 is 1.87 bits per heavy atom. The van der Waals surface area contributed by atoms with Gasteiger partial charge in [0.2, 0.25) is 0 Å². The Morgan fingerprint density at radius 3 is 2.27 bits per heavy atom. The Bertz CT molecular complexity index is 208. The van der Waals surface area contributed by atoms with Crippen molar-refractivity contribution >= 4 is 8.32 Å². The maximum Gasteiger partial charge on any atom is 0.191 e. The van der Waals surface area contributed by atoms with E-state index in [-0.39, 0.29) is 6.10 Å². The van der Waals surface area contributed by atoms with E-state index < -0.39 is 8.32 Å². The Morgan fingerprint density at radius 1 is 1.27 bits per heavy atom. The summed E-state index contributed by atoms with van der Waals surface area (Å²) < 4.78 is 6.15. The molecule has 1 aliphatic carbocycles. The van der Waals surface area contributed by atoms with E-state index in [1.807, 2.05) is 0 Å². The number of rotatable bonds is 3. The molecule has 2 nitrogen and oxygen atoms in total. The summed E-state index contributed by atoms with van der Waals surface area (Å²) in [5.74, 6) is 0.592. The van der Waals surface area contributed by atoms with Crippen LogP contribution in [0.1, 0.15) is 40.0 Å². The van der Waals surface area contributed by atoms with Gasteiger partial charge >= 0.3 is 0 Å². The second kappa shape index (κ2) is 4.56. The average molecular weight is 230 g/mol. The minimum Gasteiger partial charge on any atom is -0.417 e. The summed E-state index contributed by atoms with van der Waals surface area (Å²) in [5, 5.41) is 9.74. The molecular formula is C12H26O2Si. The van der Waals surface area contributed by atoms with Crippen molar-refractivity contribution in [2.45, 2.75) is 64.3 Å². The molecule has 0 aromatic carbocycles. The van der Waals surface area contributed by atoms with Crippen molar-refractivity contribution in [3.63, 3.8) is 0 Å². The van der Waals surface area contributed by atoms with Gasteiger partial charge in [0.25, 0.3) is 0 Å². The topological polar surface area (TPSA) is 29.5 Å². The molecule has 0 aromatic rings. The van der Waals surface area contributed by atoms with E-state index >= 15 is 0 Å². The molecule has 1 fully saturated rings. The summed E-state index contributed by atoms with van der Waals surface area (Å²) in [6, 6.07) is 0. The highest BCUT2D eigenvalue weighted by molar-refractivity contribution is 6.74. The fourth-order valence-electron chi connectivity index (χ4n) is 1.74. The number of hydrogen-bond donors (Lipinski definition) is 1. The van der Waals surface area contributed by atoms with Gasteiger partial charge in [-0.15, -0.1) is 0 Å². The summed E-state index contributed by atoms with van der Waals surface area (Å²) in [7, 11) is -1.58. The molecule has 3 heteroatoms. The van der Waals surface area contributed by atoms with E-state index in [9.17, 15) is 5.11 Å². The van der Waals surface area contributed by atoms with Crippen molar-refractivity contribution < 1.29 is 9.53 Å². The summed E-state index contributed by atoms with van der Waals surface area (Å²) in [5.41, 5.74) is 0. The molecule has 0 saturated heterocycles. The first-order chi connectivity index (χ1) is 6.72. The lowest BCUT2D eigenvalue weighted by atomic mass is 10.1. The van der Waals surface area contributed by atoms with Crippen molar-refractivity contribution in [2.75, 3.05) is 6.61 Å². The van der Waals surface area contributed by atoms with E-state index in [4.69, 9.17) is 4.43 Å². The largest absolute Gasteiger partial charge is 0.417 e. The standard InChI is InChI=1S/C12H26O2Si/c1-12(2,3)15(4,5)14-9-10-6-7-11(13)8-10/h10-11,13H,6-9H2,1-5H3/t10-,11+/m1/s1. The minimum absolute atomic E-state index is 0.0713. The van der Waals surface area contributed by atoms with Gasteiger partial charge in [0.05, 0.1) is 6.10 Å². The molecule has 0 spiro atoms. The zero-order valence-corrected chi connectivity index (χ0v) is 11.8. The summed E-state index contributed by atoms with van der Waals surface area (Å²) in [6.45, 7) is 12.2.